The zero-order valence-corrected chi connectivity index (χ0v) is 35.8. The third kappa shape index (κ3) is 9.37. The number of carbonyl (C=O) groups excluding carboxylic acids is 2. The largest absolute Gasteiger partial charge is 0.489 e. The Hall–Kier alpha value is -6.76. The molecule has 0 fully saturated rings. The molecule has 3 atom stereocenters. The zero-order chi connectivity index (χ0) is 44.4. The summed E-state index contributed by atoms with van der Waals surface area (Å²) < 4.78 is 42.0. The van der Waals surface area contributed by atoms with Crippen LogP contribution in [0.2, 0.25) is 10.0 Å². The van der Waals surface area contributed by atoms with E-state index in [2.05, 4.69) is 16.7 Å². The van der Waals surface area contributed by atoms with Gasteiger partial charge in [0.2, 0.25) is 22.0 Å². The van der Waals surface area contributed by atoms with Crippen molar-refractivity contribution in [3.63, 3.8) is 0 Å². The molecule has 16 heteroatoms. The molecule has 0 spiro atoms. The van der Waals surface area contributed by atoms with Crippen molar-refractivity contribution in [2.75, 3.05) is 5.32 Å². The Morgan fingerprint density at radius 3 is 2.32 bits per heavy atom. The molecule has 8 rings (SSSR count). The number of nitro benzene ring substituents is 1. The van der Waals surface area contributed by atoms with Crippen molar-refractivity contribution in [3.8, 4) is 28.7 Å². The van der Waals surface area contributed by atoms with Gasteiger partial charge in [0.15, 0.2) is 0 Å². The molecule has 2 aliphatic heterocycles. The van der Waals surface area contributed by atoms with E-state index in [4.69, 9.17) is 37.9 Å². The van der Waals surface area contributed by atoms with E-state index in [1.807, 2.05) is 43.3 Å². The lowest BCUT2D eigenvalue weighted by Gasteiger charge is -2.37. The Bertz CT molecular complexity index is 2910. The molecule has 0 saturated heterocycles. The smallest absolute Gasteiger partial charge is 0.270 e. The highest BCUT2D eigenvalue weighted by Crippen LogP contribution is 2.41. The Labute approximate surface area is 373 Å². The highest BCUT2D eigenvalue weighted by Gasteiger charge is 2.42. The van der Waals surface area contributed by atoms with Gasteiger partial charge in [0.1, 0.15) is 24.1 Å². The van der Waals surface area contributed by atoms with E-state index in [1.165, 1.54) is 18.2 Å². The topological polar surface area (TPSA) is 181 Å². The highest BCUT2D eigenvalue weighted by atomic mass is 35.5. The van der Waals surface area contributed by atoms with E-state index in [0.717, 1.165) is 32.6 Å². The number of halogens is 2. The van der Waals surface area contributed by atoms with Crippen molar-refractivity contribution in [2.24, 2.45) is 0 Å². The number of anilines is 1. The number of non-ortho nitro benzene ring substituents is 1. The number of amides is 2. The van der Waals surface area contributed by atoms with Crippen LogP contribution in [0.4, 0.5) is 11.4 Å². The van der Waals surface area contributed by atoms with E-state index in [0.29, 0.717) is 55.9 Å². The predicted molar refractivity (Wildman–Crippen MR) is 237 cm³/mol. The Balaban J connectivity index is 1.01. The van der Waals surface area contributed by atoms with Crippen molar-refractivity contribution >= 4 is 56.4 Å². The molecule has 2 amide bonds. The van der Waals surface area contributed by atoms with E-state index in [1.54, 1.807) is 66.7 Å². The molecule has 63 heavy (non-hydrogen) atoms. The number of carbonyl (C=O) groups is 2. The molecule has 318 valence electrons. The molecule has 2 heterocycles. The molecule has 2 aliphatic rings. The second kappa shape index (κ2) is 17.9. The Kier molecular flexibility index (Phi) is 12.2. The van der Waals surface area contributed by atoms with Crippen LogP contribution in [0.3, 0.4) is 0 Å². The van der Waals surface area contributed by atoms with Gasteiger partial charge in [0.25, 0.3) is 11.6 Å². The van der Waals surface area contributed by atoms with E-state index in [-0.39, 0.29) is 24.5 Å². The van der Waals surface area contributed by atoms with Crippen molar-refractivity contribution in [1.29, 1.82) is 5.26 Å². The number of ether oxygens (including phenoxy) is 2. The standard InChI is InChI=1S/C47H37Cl2N5O8S/c1-28(19-29-5-10-32(11-6-29)33-12-7-30(25-50)8-13-33)51-46(55)43-22-35-21-42-44(23-36(35)26-53(43)63(59,60)39-4-2-3-37(24-39)54(57)58)62-45(47(56)52-42)34-14-16-38(17-15-34)61-27-31-9-18-40(48)41(49)20-31/h2-18,20-21,23-24,28,43,45H,19,22,26-27H2,1H3,(H,51,55)(H,52,56)/t28-,43?,45-/m0/s1. The van der Waals surface area contributed by atoms with Gasteiger partial charge in [-0.15, -0.1) is 0 Å². The van der Waals surface area contributed by atoms with Gasteiger partial charge in [0, 0.05) is 30.3 Å². The molecule has 1 unspecified atom stereocenters. The summed E-state index contributed by atoms with van der Waals surface area (Å²) in [6, 6.07) is 35.6. The van der Waals surface area contributed by atoms with E-state index < -0.39 is 50.6 Å². The van der Waals surface area contributed by atoms with Gasteiger partial charge in [-0.2, -0.15) is 9.57 Å². The Morgan fingerprint density at radius 2 is 1.63 bits per heavy atom. The maximum absolute atomic E-state index is 14.4. The first-order chi connectivity index (χ1) is 30.2. The number of hydrogen-bond acceptors (Lipinski definition) is 9. The lowest BCUT2D eigenvalue weighted by atomic mass is 9.93. The summed E-state index contributed by atoms with van der Waals surface area (Å²) in [5, 5.41) is 27.5. The van der Waals surface area contributed by atoms with Crippen LogP contribution >= 0.6 is 23.2 Å². The molecule has 6 aromatic rings. The fourth-order valence-electron chi connectivity index (χ4n) is 7.60. The zero-order valence-electron chi connectivity index (χ0n) is 33.5. The number of hydrogen-bond donors (Lipinski definition) is 2. The second-order valence-electron chi connectivity index (χ2n) is 15.2. The van der Waals surface area contributed by atoms with Gasteiger partial charge in [-0.1, -0.05) is 83.9 Å². The minimum atomic E-state index is -4.48. The molecule has 0 saturated carbocycles. The molecular formula is C47H37Cl2N5O8S. The molecule has 2 N–H and O–H groups in total. The number of nitro groups is 1. The summed E-state index contributed by atoms with van der Waals surface area (Å²) in [5.74, 6) is -0.138. The van der Waals surface area contributed by atoms with E-state index >= 15 is 0 Å². The molecule has 6 aromatic carbocycles. The van der Waals surface area contributed by atoms with Crippen molar-refractivity contribution in [2.45, 2.75) is 56.0 Å². The lowest BCUT2D eigenvalue weighted by molar-refractivity contribution is -0.385. The average molecular weight is 903 g/mol. The van der Waals surface area contributed by atoms with Crippen LogP contribution in [0.15, 0.2) is 132 Å². The third-order valence-corrected chi connectivity index (χ3v) is 13.5. The van der Waals surface area contributed by atoms with Crippen LogP contribution < -0.4 is 20.1 Å². The number of fused-ring (bicyclic) bond motifs is 2. The number of nitrogens with one attached hydrogen (secondary N) is 2. The van der Waals surface area contributed by atoms with E-state index in [9.17, 15) is 28.1 Å². The maximum Gasteiger partial charge on any atom is 0.270 e. The molecule has 0 radical (unpaired) electrons. The summed E-state index contributed by atoms with van der Waals surface area (Å²) in [6.45, 7) is 1.80. The predicted octanol–water partition coefficient (Wildman–Crippen LogP) is 8.95. The number of nitrogens with zero attached hydrogens (tertiary/aromatic N) is 3. The van der Waals surface area contributed by atoms with Crippen LogP contribution in [-0.2, 0) is 45.6 Å². The molecule has 13 nitrogen and oxygen atoms in total. The minimum Gasteiger partial charge on any atom is -0.489 e. The number of rotatable bonds is 12. The van der Waals surface area contributed by atoms with Gasteiger partial charge in [0.05, 0.1) is 37.2 Å². The third-order valence-electron chi connectivity index (χ3n) is 10.9. The van der Waals surface area contributed by atoms with Crippen LogP contribution in [0.25, 0.3) is 11.1 Å². The van der Waals surface area contributed by atoms with Crippen LogP contribution in [0.1, 0.15) is 46.4 Å². The summed E-state index contributed by atoms with van der Waals surface area (Å²) in [4.78, 5) is 38.3. The Morgan fingerprint density at radius 1 is 0.937 bits per heavy atom. The van der Waals surface area contributed by atoms with Crippen LogP contribution in [0, 0.1) is 21.4 Å². The van der Waals surface area contributed by atoms with Crippen molar-refractivity contribution in [1.82, 2.24) is 9.62 Å². The quantitative estimate of drug-likeness (QED) is 0.0895. The minimum absolute atomic E-state index is 0.0579. The summed E-state index contributed by atoms with van der Waals surface area (Å²) in [5.41, 5.74) is 5.87. The summed E-state index contributed by atoms with van der Waals surface area (Å²) in [7, 11) is -4.48. The molecule has 0 bridgehead atoms. The first-order valence-electron chi connectivity index (χ1n) is 19.7. The second-order valence-corrected chi connectivity index (χ2v) is 17.9. The summed E-state index contributed by atoms with van der Waals surface area (Å²) in [6.07, 6.45) is -0.662. The molecule has 0 aliphatic carbocycles. The first kappa shape index (κ1) is 42.9. The molecular weight excluding hydrogens is 866 g/mol. The highest BCUT2D eigenvalue weighted by molar-refractivity contribution is 7.89. The first-order valence-corrected chi connectivity index (χ1v) is 21.9. The number of sulfonamides is 1. The van der Waals surface area contributed by atoms with Gasteiger partial charge >= 0.3 is 0 Å². The maximum atomic E-state index is 14.4. The van der Waals surface area contributed by atoms with Gasteiger partial charge in [-0.05, 0) is 108 Å². The van der Waals surface area contributed by atoms with Gasteiger partial charge in [-0.3, -0.25) is 19.7 Å². The van der Waals surface area contributed by atoms with Gasteiger partial charge in [-0.25, -0.2) is 8.42 Å². The monoisotopic (exact) mass is 901 g/mol. The fraction of sp³-hybridized carbons (Fsp3) is 0.170. The van der Waals surface area contributed by atoms with Gasteiger partial charge < -0.3 is 20.1 Å². The van der Waals surface area contributed by atoms with Crippen molar-refractivity contribution < 1.29 is 32.4 Å². The average Bonchev–Trinajstić information content (AvgIpc) is 3.28. The van der Waals surface area contributed by atoms with Crippen LogP contribution in [-0.4, -0.2) is 41.5 Å². The SMILES string of the molecule is C[C@@H](Cc1ccc(-c2ccc(C#N)cc2)cc1)NC(=O)C1Cc2cc3c(cc2CN1S(=O)(=O)c1cccc([N+](=O)[O-])c1)O[C@@H](c1ccc(OCc2ccc(Cl)c(Cl)c2)cc1)C(=O)N3. The van der Waals surface area contributed by atoms with Crippen LogP contribution in [0.5, 0.6) is 11.5 Å². The normalized spacial score (nSPS) is 16.3. The lowest BCUT2D eigenvalue weighted by Crippen LogP contribution is -2.54. The molecule has 0 aromatic heterocycles. The number of benzene rings is 6. The number of nitriles is 1. The summed E-state index contributed by atoms with van der Waals surface area (Å²) >= 11 is 12.1. The fourth-order valence-corrected chi connectivity index (χ4v) is 9.53. The van der Waals surface area contributed by atoms with Crippen molar-refractivity contribution in [3.05, 3.63) is 181 Å².